The first kappa shape index (κ1) is 17.3. The van der Waals surface area contributed by atoms with Crippen molar-refractivity contribution in [1.82, 2.24) is 4.90 Å². The maximum Gasteiger partial charge on any atom is 0.168 e. The summed E-state index contributed by atoms with van der Waals surface area (Å²) in [5, 5.41) is 9.66. The highest BCUT2D eigenvalue weighted by atomic mass is 19.1. The molecular weight excluding hydrogens is 277 g/mol. The Kier molecular flexibility index (Phi) is 5.85. The van der Waals surface area contributed by atoms with Crippen LogP contribution in [0.4, 0.5) is 4.39 Å². The van der Waals surface area contributed by atoms with Gasteiger partial charge >= 0.3 is 0 Å². The van der Waals surface area contributed by atoms with Gasteiger partial charge in [0.2, 0.25) is 0 Å². The maximum atomic E-state index is 14.3. The van der Waals surface area contributed by atoms with Crippen molar-refractivity contribution in [3.8, 4) is 5.75 Å². The molecule has 0 aromatic heterocycles. The Morgan fingerprint density at radius 1 is 1.32 bits per heavy atom. The van der Waals surface area contributed by atoms with Crippen molar-refractivity contribution in [2.75, 3.05) is 19.6 Å². The highest BCUT2D eigenvalue weighted by Gasteiger charge is 2.39. The van der Waals surface area contributed by atoms with Crippen LogP contribution in [0.25, 0.3) is 0 Å². The third-order valence-electron chi connectivity index (χ3n) is 5.49. The van der Waals surface area contributed by atoms with Crippen LogP contribution < -0.4 is 0 Å². The normalized spacial score (nSPS) is 26.3. The number of nitrogens with zero attached hydrogens (tertiary/aromatic N) is 1. The van der Waals surface area contributed by atoms with Gasteiger partial charge in [0, 0.05) is 12.0 Å². The minimum absolute atomic E-state index is 0.192. The van der Waals surface area contributed by atoms with E-state index in [2.05, 4.69) is 25.7 Å². The van der Waals surface area contributed by atoms with Gasteiger partial charge in [-0.1, -0.05) is 52.2 Å². The number of halogens is 1. The van der Waals surface area contributed by atoms with Crippen LogP contribution in [0.3, 0.4) is 0 Å². The molecule has 0 aliphatic carbocycles. The van der Waals surface area contributed by atoms with Crippen LogP contribution in [0.15, 0.2) is 18.2 Å². The van der Waals surface area contributed by atoms with Gasteiger partial charge in [-0.3, -0.25) is 0 Å². The van der Waals surface area contributed by atoms with Gasteiger partial charge in [-0.15, -0.1) is 0 Å². The molecule has 0 saturated carbocycles. The van der Waals surface area contributed by atoms with Crippen LogP contribution >= 0.6 is 0 Å². The molecule has 1 heterocycles. The van der Waals surface area contributed by atoms with E-state index >= 15 is 0 Å². The lowest BCUT2D eigenvalue weighted by Crippen LogP contribution is -2.47. The number of likely N-dealkylation sites (tertiary alicyclic amines) is 1. The fraction of sp³-hybridized carbons (Fsp3) is 0.684. The molecule has 1 aliphatic rings. The Bertz CT molecular complexity index is 490. The quantitative estimate of drug-likeness (QED) is 0.769. The lowest BCUT2D eigenvalue weighted by Gasteiger charge is -2.45. The van der Waals surface area contributed by atoms with Crippen LogP contribution in [0.1, 0.15) is 58.4 Å². The zero-order chi connectivity index (χ0) is 16.2. The Hall–Kier alpha value is -1.09. The fourth-order valence-corrected chi connectivity index (χ4v) is 3.64. The van der Waals surface area contributed by atoms with Crippen molar-refractivity contribution in [3.05, 3.63) is 29.6 Å². The van der Waals surface area contributed by atoms with Crippen LogP contribution in [0.5, 0.6) is 5.75 Å². The first-order valence-electron chi connectivity index (χ1n) is 8.69. The number of benzene rings is 1. The predicted molar refractivity (Wildman–Crippen MR) is 89.8 cm³/mol. The van der Waals surface area contributed by atoms with E-state index in [0.29, 0.717) is 11.5 Å². The van der Waals surface area contributed by atoms with E-state index in [4.69, 9.17) is 0 Å². The van der Waals surface area contributed by atoms with E-state index in [1.54, 1.807) is 6.07 Å². The van der Waals surface area contributed by atoms with Crippen LogP contribution in [-0.2, 0) is 5.41 Å². The van der Waals surface area contributed by atoms with E-state index in [1.807, 2.05) is 6.07 Å². The zero-order valence-corrected chi connectivity index (χ0v) is 14.2. The number of piperidine rings is 1. The number of phenols is 1. The molecule has 2 rings (SSSR count). The average Bonchev–Trinajstić information content (AvgIpc) is 2.50. The molecule has 22 heavy (non-hydrogen) atoms. The van der Waals surface area contributed by atoms with Gasteiger partial charge in [0.05, 0.1) is 0 Å². The van der Waals surface area contributed by atoms with Gasteiger partial charge in [-0.25, -0.2) is 4.39 Å². The lowest BCUT2D eigenvalue weighted by molar-refractivity contribution is 0.107. The number of hydrogen-bond acceptors (Lipinski definition) is 2. The molecule has 2 unspecified atom stereocenters. The van der Waals surface area contributed by atoms with E-state index in [-0.39, 0.29) is 11.2 Å². The standard InChI is InChI=1S/C19H30FNO/c1-4-5-6-7-12-21-13-11-19(3,15(2)14-21)16-9-8-10-17(22)18(16)20/h8-10,15,22H,4-7,11-14H2,1-3H3. The largest absolute Gasteiger partial charge is 0.505 e. The lowest BCUT2D eigenvalue weighted by atomic mass is 9.68. The van der Waals surface area contributed by atoms with Crippen molar-refractivity contribution in [3.63, 3.8) is 0 Å². The van der Waals surface area contributed by atoms with E-state index in [1.165, 1.54) is 31.7 Å². The molecule has 2 nitrogen and oxygen atoms in total. The molecule has 1 aliphatic heterocycles. The van der Waals surface area contributed by atoms with Crippen LogP contribution in [0.2, 0.25) is 0 Å². The Labute approximate surface area is 134 Å². The van der Waals surface area contributed by atoms with E-state index in [0.717, 1.165) is 26.1 Å². The highest BCUT2D eigenvalue weighted by Crippen LogP contribution is 2.41. The fourth-order valence-electron chi connectivity index (χ4n) is 3.64. The second-order valence-corrected chi connectivity index (χ2v) is 7.07. The first-order chi connectivity index (χ1) is 10.5. The number of phenolic OH excluding ortho intramolecular Hbond substituents is 1. The number of rotatable bonds is 6. The minimum Gasteiger partial charge on any atom is -0.505 e. The summed E-state index contributed by atoms with van der Waals surface area (Å²) in [7, 11) is 0. The van der Waals surface area contributed by atoms with Crippen LogP contribution in [-0.4, -0.2) is 29.6 Å². The zero-order valence-electron chi connectivity index (χ0n) is 14.2. The summed E-state index contributed by atoms with van der Waals surface area (Å²) in [6.07, 6.45) is 6.10. The molecule has 1 aromatic carbocycles. The maximum absolute atomic E-state index is 14.3. The molecule has 2 atom stereocenters. The first-order valence-corrected chi connectivity index (χ1v) is 8.69. The Morgan fingerprint density at radius 3 is 2.77 bits per heavy atom. The molecule has 1 fully saturated rings. The topological polar surface area (TPSA) is 23.5 Å². The molecule has 0 bridgehead atoms. The molecule has 124 valence electrons. The number of unbranched alkanes of at least 4 members (excludes halogenated alkanes) is 3. The summed E-state index contributed by atoms with van der Waals surface area (Å²) in [6, 6.07) is 5.01. The molecule has 3 heteroatoms. The van der Waals surface area contributed by atoms with Gasteiger partial charge in [-0.05, 0) is 43.5 Å². The summed E-state index contributed by atoms with van der Waals surface area (Å²) in [6.45, 7) is 9.77. The average molecular weight is 307 g/mol. The van der Waals surface area contributed by atoms with Gasteiger partial charge in [-0.2, -0.15) is 0 Å². The molecule has 1 N–H and O–H groups in total. The third-order valence-corrected chi connectivity index (χ3v) is 5.49. The Balaban J connectivity index is 2.01. The smallest absolute Gasteiger partial charge is 0.168 e. The second kappa shape index (κ2) is 7.45. The highest BCUT2D eigenvalue weighted by molar-refractivity contribution is 5.36. The summed E-state index contributed by atoms with van der Waals surface area (Å²) in [5.74, 6) is -0.287. The SMILES string of the molecule is CCCCCCN1CCC(C)(c2cccc(O)c2F)C(C)C1. The molecule has 1 aromatic rings. The molecule has 0 radical (unpaired) electrons. The summed E-state index contributed by atoms with van der Waals surface area (Å²) in [5.41, 5.74) is 0.480. The van der Waals surface area contributed by atoms with Crippen molar-refractivity contribution in [1.29, 1.82) is 0 Å². The number of aromatic hydroxyl groups is 1. The molecule has 0 amide bonds. The van der Waals surface area contributed by atoms with Gasteiger partial charge in [0.1, 0.15) is 0 Å². The molecule has 1 saturated heterocycles. The minimum atomic E-state index is -0.437. The van der Waals surface area contributed by atoms with Gasteiger partial charge in [0.25, 0.3) is 0 Å². The van der Waals surface area contributed by atoms with Crippen molar-refractivity contribution in [2.24, 2.45) is 5.92 Å². The van der Waals surface area contributed by atoms with Crippen molar-refractivity contribution < 1.29 is 9.50 Å². The summed E-state index contributed by atoms with van der Waals surface area (Å²) >= 11 is 0. The number of hydrogen-bond donors (Lipinski definition) is 1. The van der Waals surface area contributed by atoms with Crippen LogP contribution in [0, 0.1) is 11.7 Å². The predicted octanol–water partition coefficient (Wildman–Crippen LogP) is 4.71. The van der Waals surface area contributed by atoms with Gasteiger partial charge in [0.15, 0.2) is 11.6 Å². The second-order valence-electron chi connectivity index (χ2n) is 7.07. The monoisotopic (exact) mass is 307 g/mol. The Morgan fingerprint density at radius 2 is 2.09 bits per heavy atom. The van der Waals surface area contributed by atoms with Crippen molar-refractivity contribution in [2.45, 2.75) is 58.3 Å². The molecular formula is C19H30FNO. The van der Waals surface area contributed by atoms with Crippen molar-refractivity contribution >= 4 is 0 Å². The molecule has 0 spiro atoms. The third kappa shape index (κ3) is 3.62. The van der Waals surface area contributed by atoms with Gasteiger partial charge < -0.3 is 10.0 Å². The van der Waals surface area contributed by atoms with E-state index < -0.39 is 5.82 Å². The van der Waals surface area contributed by atoms with E-state index in [9.17, 15) is 9.50 Å². The summed E-state index contributed by atoms with van der Waals surface area (Å²) in [4.78, 5) is 2.52. The summed E-state index contributed by atoms with van der Waals surface area (Å²) < 4.78 is 14.3.